The van der Waals surface area contributed by atoms with E-state index >= 15 is 0 Å². The number of nitrogen functional groups attached to an aromatic ring is 1. The summed E-state index contributed by atoms with van der Waals surface area (Å²) in [6, 6.07) is 8.93. The first kappa shape index (κ1) is 13.0. The molecule has 2 aromatic rings. The van der Waals surface area contributed by atoms with Crippen molar-refractivity contribution in [3.05, 3.63) is 53.6 Å². The third-order valence-corrected chi connectivity index (χ3v) is 2.54. The molecule has 0 aromatic carbocycles. The molecule has 0 spiro atoms. The fraction of sp³-hybridized carbons (Fsp3) is 0.154. The molecule has 1 amide bonds. The molecule has 98 valence electrons. The van der Waals surface area contributed by atoms with E-state index in [4.69, 9.17) is 5.84 Å². The van der Waals surface area contributed by atoms with Gasteiger partial charge in [-0.2, -0.15) is 0 Å². The molecule has 0 aliphatic rings. The van der Waals surface area contributed by atoms with Gasteiger partial charge in [-0.1, -0.05) is 6.07 Å². The molecule has 0 atom stereocenters. The highest BCUT2D eigenvalue weighted by molar-refractivity contribution is 5.92. The van der Waals surface area contributed by atoms with Crippen LogP contribution in [0.5, 0.6) is 0 Å². The molecular formula is C13H15N5O. The minimum absolute atomic E-state index is 0.264. The van der Waals surface area contributed by atoms with Crippen molar-refractivity contribution in [2.45, 2.75) is 13.5 Å². The van der Waals surface area contributed by atoms with E-state index in [1.807, 2.05) is 25.1 Å². The minimum Gasteiger partial charge on any atom is -0.345 e. The molecule has 2 rings (SSSR count). The number of carbonyl (C=O) groups is 1. The number of amides is 1. The summed E-state index contributed by atoms with van der Waals surface area (Å²) in [4.78, 5) is 20.2. The zero-order valence-corrected chi connectivity index (χ0v) is 10.6. The summed E-state index contributed by atoms with van der Waals surface area (Å²) in [6.45, 7) is 2.27. The van der Waals surface area contributed by atoms with Gasteiger partial charge in [0.15, 0.2) is 0 Å². The number of hydrogen-bond acceptors (Lipinski definition) is 5. The highest BCUT2D eigenvalue weighted by Crippen LogP contribution is 2.06. The predicted molar refractivity (Wildman–Crippen MR) is 72.2 cm³/mol. The fourth-order valence-electron chi connectivity index (χ4n) is 1.60. The van der Waals surface area contributed by atoms with Crippen molar-refractivity contribution in [1.82, 2.24) is 15.3 Å². The number of hydrogen-bond donors (Lipinski definition) is 3. The molecule has 0 saturated carbocycles. The topological polar surface area (TPSA) is 92.9 Å². The smallest absolute Gasteiger partial charge is 0.270 e. The molecule has 6 heteroatoms. The second kappa shape index (κ2) is 5.92. The maximum absolute atomic E-state index is 11.9. The van der Waals surface area contributed by atoms with Crippen molar-refractivity contribution in [1.29, 1.82) is 0 Å². The van der Waals surface area contributed by atoms with Crippen LogP contribution in [0.4, 0.5) is 5.69 Å². The zero-order chi connectivity index (χ0) is 13.7. The summed E-state index contributed by atoms with van der Waals surface area (Å²) in [5.74, 6) is 5.02. The van der Waals surface area contributed by atoms with Crippen LogP contribution in [0.25, 0.3) is 0 Å². The summed E-state index contributed by atoms with van der Waals surface area (Å²) in [7, 11) is 0. The highest BCUT2D eigenvalue weighted by atomic mass is 16.1. The Morgan fingerprint density at radius 2 is 2.21 bits per heavy atom. The highest BCUT2D eigenvalue weighted by Gasteiger charge is 2.07. The van der Waals surface area contributed by atoms with Crippen LogP contribution in [0.3, 0.4) is 0 Å². The molecule has 0 bridgehead atoms. The van der Waals surface area contributed by atoms with Gasteiger partial charge in [-0.3, -0.25) is 20.6 Å². The van der Waals surface area contributed by atoms with Gasteiger partial charge in [0.1, 0.15) is 5.69 Å². The predicted octanol–water partition coefficient (Wildman–Crippen LogP) is 1.00. The van der Waals surface area contributed by atoms with Crippen molar-refractivity contribution in [2.75, 3.05) is 5.43 Å². The van der Waals surface area contributed by atoms with Crippen LogP contribution in [0.1, 0.15) is 21.9 Å². The third-order valence-electron chi connectivity index (χ3n) is 2.54. The maximum Gasteiger partial charge on any atom is 0.270 e. The number of nitrogens with zero attached hydrogens (tertiary/aromatic N) is 2. The van der Waals surface area contributed by atoms with Crippen LogP contribution in [-0.4, -0.2) is 15.9 Å². The van der Waals surface area contributed by atoms with Gasteiger partial charge in [-0.25, -0.2) is 0 Å². The van der Waals surface area contributed by atoms with Gasteiger partial charge in [-0.15, -0.1) is 0 Å². The summed E-state index contributed by atoms with van der Waals surface area (Å²) in [6.07, 6.45) is 1.52. The Kier molecular flexibility index (Phi) is 4.04. The Morgan fingerprint density at radius 1 is 1.37 bits per heavy atom. The Balaban J connectivity index is 2.01. The summed E-state index contributed by atoms with van der Waals surface area (Å²) in [5, 5.41) is 2.76. The van der Waals surface area contributed by atoms with E-state index in [2.05, 4.69) is 20.7 Å². The molecule has 0 unspecified atom stereocenters. The summed E-state index contributed by atoms with van der Waals surface area (Å²) < 4.78 is 0. The number of pyridine rings is 2. The van der Waals surface area contributed by atoms with Crippen molar-refractivity contribution < 1.29 is 4.79 Å². The largest absolute Gasteiger partial charge is 0.345 e. The molecule has 0 saturated heterocycles. The van der Waals surface area contributed by atoms with Crippen LogP contribution in [0.15, 0.2) is 36.5 Å². The lowest BCUT2D eigenvalue weighted by atomic mass is 10.3. The lowest BCUT2D eigenvalue weighted by molar-refractivity contribution is 0.0945. The van der Waals surface area contributed by atoms with Crippen molar-refractivity contribution in [3.8, 4) is 0 Å². The lowest BCUT2D eigenvalue weighted by Crippen LogP contribution is -2.24. The van der Waals surface area contributed by atoms with E-state index in [0.717, 1.165) is 11.4 Å². The molecule has 19 heavy (non-hydrogen) atoms. The van der Waals surface area contributed by atoms with Crippen LogP contribution in [0.2, 0.25) is 0 Å². The number of hydrazine groups is 1. The number of carbonyl (C=O) groups excluding carboxylic acids is 1. The lowest BCUT2D eigenvalue weighted by Gasteiger charge is -2.06. The van der Waals surface area contributed by atoms with E-state index < -0.39 is 0 Å². The van der Waals surface area contributed by atoms with Crippen molar-refractivity contribution in [2.24, 2.45) is 5.84 Å². The maximum atomic E-state index is 11.9. The first-order valence-electron chi connectivity index (χ1n) is 5.82. The number of rotatable bonds is 4. The molecule has 2 aromatic heterocycles. The quantitative estimate of drug-likeness (QED) is 0.561. The molecule has 2 heterocycles. The van der Waals surface area contributed by atoms with Gasteiger partial charge < -0.3 is 10.7 Å². The first-order valence-corrected chi connectivity index (χ1v) is 5.82. The monoisotopic (exact) mass is 257 g/mol. The molecule has 0 radical (unpaired) electrons. The standard InChI is InChI=1S/C13H15N5O/c1-9-3-2-4-11(17-9)8-16-13(19)12-7-10(18-14)5-6-15-12/h2-7H,8,14H2,1H3,(H,15,18)(H,16,19). The van der Waals surface area contributed by atoms with E-state index in [1.54, 1.807) is 12.1 Å². The Labute approximate surface area is 111 Å². The number of aryl methyl sites for hydroxylation is 1. The Bertz CT molecular complexity index is 585. The van der Waals surface area contributed by atoms with Gasteiger partial charge >= 0.3 is 0 Å². The molecule has 4 N–H and O–H groups in total. The number of nitrogens with one attached hydrogen (secondary N) is 2. The Morgan fingerprint density at radius 3 is 2.95 bits per heavy atom. The van der Waals surface area contributed by atoms with Crippen LogP contribution in [-0.2, 0) is 6.54 Å². The van der Waals surface area contributed by atoms with E-state index in [1.165, 1.54) is 6.20 Å². The molecule has 0 fully saturated rings. The van der Waals surface area contributed by atoms with Crippen LogP contribution in [0, 0.1) is 6.92 Å². The molecular weight excluding hydrogens is 242 g/mol. The van der Waals surface area contributed by atoms with Crippen molar-refractivity contribution in [3.63, 3.8) is 0 Å². The zero-order valence-electron chi connectivity index (χ0n) is 10.6. The fourth-order valence-corrected chi connectivity index (χ4v) is 1.60. The SMILES string of the molecule is Cc1cccc(CNC(=O)c2cc(NN)ccn2)n1. The number of nitrogens with two attached hydrogens (primary N) is 1. The average Bonchev–Trinajstić information content (AvgIpc) is 2.45. The van der Waals surface area contributed by atoms with Crippen molar-refractivity contribution >= 4 is 11.6 Å². The third kappa shape index (κ3) is 3.49. The molecule has 0 aliphatic heterocycles. The van der Waals surface area contributed by atoms with Crippen LogP contribution < -0.4 is 16.6 Å². The number of anilines is 1. The second-order valence-electron chi connectivity index (χ2n) is 4.03. The normalized spacial score (nSPS) is 10.0. The van der Waals surface area contributed by atoms with Gasteiger partial charge in [-0.05, 0) is 31.2 Å². The summed E-state index contributed by atoms with van der Waals surface area (Å²) in [5.41, 5.74) is 5.14. The van der Waals surface area contributed by atoms with Gasteiger partial charge in [0, 0.05) is 11.9 Å². The molecule has 0 aliphatic carbocycles. The number of aromatic nitrogens is 2. The minimum atomic E-state index is -0.264. The van der Waals surface area contributed by atoms with Gasteiger partial charge in [0.25, 0.3) is 5.91 Å². The molecule has 6 nitrogen and oxygen atoms in total. The van der Waals surface area contributed by atoms with Gasteiger partial charge in [0.2, 0.25) is 0 Å². The van der Waals surface area contributed by atoms with E-state index in [0.29, 0.717) is 17.9 Å². The second-order valence-corrected chi connectivity index (χ2v) is 4.03. The van der Waals surface area contributed by atoms with E-state index in [9.17, 15) is 4.79 Å². The first-order chi connectivity index (χ1) is 9.19. The Hall–Kier alpha value is -2.47. The van der Waals surface area contributed by atoms with Crippen LogP contribution >= 0.6 is 0 Å². The van der Waals surface area contributed by atoms with E-state index in [-0.39, 0.29) is 5.91 Å². The average molecular weight is 257 g/mol. The summed E-state index contributed by atoms with van der Waals surface area (Å²) >= 11 is 0. The van der Waals surface area contributed by atoms with Gasteiger partial charge in [0.05, 0.1) is 17.9 Å².